The Labute approximate surface area is 161 Å². The number of nitrogens with one attached hydrogen (secondary N) is 2. The monoisotopic (exact) mass is 451 g/mol. The standard InChI is InChI=1S/C17H29N3O3.HI/c1-13-5-6-16(23-13)14(2)20-17(18-3)19-8-4-9-21-11-15-7-10-22-12-15;/h5-6,14-15H,4,7-12H2,1-3H3,(H2,18,19,20);1H. The van der Waals surface area contributed by atoms with Gasteiger partial charge in [0.25, 0.3) is 0 Å². The summed E-state index contributed by atoms with van der Waals surface area (Å²) in [6.07, 6.45) is 2.07. The predicted octanol–water partition coefficient (Wildman–Crippen LogP) is 2.88. The molecule has 0 saturated carbocycles. The van der Waals surface area contributed by atoms with E-state index in [1.807, 2.05) is 19.1 Å². The zero-order chi connectivity index (χ0) is 16.5. The first-order chi connectivity index (χ1) is 11.2. The van der Waals surface area contributed by atoms with Crippen molar-refractivity contribution in [3.63, 3.8) is 0 Å². The average Bonchev–Trinajstić information content (AvgIpc) is 3.20. The summed E-state index contributed by atoms with van der Waals surface area (Å²) in [6.45, 7) is 8.11. The van der Waals surface area contributed by atoms with Gasteiger partial charge in [0.2, 0.25) is 0 Å². The van der Waals surface area contributed by atoms with Gasteiger partial charge in [0.1, 0.15) is 11.5 Å². The molecule has 1 aliphatic heterocycles. The third-order valence-corrected chi connectivity index (χ3v) is 3.90. The highest BCUT2D eigenvalue weighted by atomic mass is 127. The lowest BCUT2D eigenvalue weighted by Crippen LogP contribution is -2.39. The normalized spacial score (nSPS) is 19.0. The smallest absolute Gasteiger partial charge is 0.191 e. The van der Waals surface area contributed by atoms with Gasteiger partial charge in [-0.1, -0.05) is 0 Å². The molecule has 1 aromatic heterocycles. The molecule has 2 atom stereocenters. The lowest BCUT2D eigenvalue weighted by atomic mass is 10.1. The molecule has 1 aromatic rings. The largest absolute Gasteiger partial charge is 0.464 e. The Hall–Kier alpha value is -0.800. The second-order valence-corrected chi connectivity index (χ2v) is 5.97. The zero-order valence-corrected chi connectivity index (χ0v) is 17.2. The average molecular weight is 451 g/mol. The number of halogens is 1. The molecule has 2 heterocycles. The highest BCUT2D eigenvalue weighted by Crippen LogP contribution is 2.15. The van der Waals surface area contributed by atoms with Crippen LogP contribution in [-0.4, -0.2) is 46.0 Å². The van der Waals surface area contributed by atoms with Crippen LogP contribution in [0.15, 0.2) is 21.5 Å². The summed E-state index contributed by atoms with van der Waals surface area (Å²) in [5, 5.41) is 6.62. The highest BCUT2D eigenvalue weighted by molar-refractivity contribution is 14.0. The van der Waals surface area contributed by atoms with Crippen molar-refractivity contribution in [3.05, 3.63) is 23.7 Å². The highest BCUT2D eigenvalue weighted by Gasteiger charge is 2.15. The summed E-state index contributed by atoms with van der Waals surface area (Å²) >= 11 is 0. The maximum absolute atomic E-state index is 5.69. The predicted molar refractivity (Wildman–Crippen MR) is 106 cm³/mol. The molecule has 0 aromatic carbocycles. The number of hydrogen-bond acceptors (Lipinski definition) is 4. The van der Waals surface area contributed by atoms with Gasteiger partial charge in [-0.2, -0.15) is 0 Å². The van der Waals surface area contributed by atoms with Gasteiger partial charge in [0.15, 0.2) is 5.96 Å². The number of guanidine groups is 1. The fraction of sp³-hybridized carbons (Fsp3) is 0.706. The Balaban J connectivity index is 0.00000288. The molecule has 0 spiro atoms. The molecule has 2 N–H and O–H groups in total. The van der Waals surface area contributed by atoms with Crippen LogP contribution in [0.4, 0.5) is 0 Å². The maximum atomic E-state index is 5.69. The molecular weight excluding hydrogens is 421 g/mol. The van der Waals surface area contributed by atoms with Crippen LogP contribution in [0.2, 0.25) is 0 Å². The van der Waals surface area contributed by atoms with Gasteiger partial charge in [0, 0.05) is 32.7 Å². The van der Waals surface area contributed by atoms with E-state index in [0.29, 0.717) is 5.92 Å². The maximum Gasteiger partial charge on any atom is 0.191 e. The lowest BCUT2D eigenvalue weighted by Gasteiger charge is -2.16. The molecule has 24 heavy (non-hydrogen) atoms. The van der Waals surface area contributed by atoms with E-state index in [0.717, 1.165) is 63.3 Å². The molecule has 0 aliphatic carbocycles. The second-order valence-electron chi connectivity index (χ2n) is 5.97. The Morgan fingerprint density at radius 3 is 2.92 bits per heavy atom. The number of hydrogen-bond donors (Lipinski definition) is 2. The first kappa shape index (κ1) is 21.2. The molecule has 1 saturated heterocycles. The number of furan rings is 1. The van der Waals surface area contributed by atoms with Gasteiger partial charge in [-0.25, -0.2) is 0 Å². The SMILES string of the molecule is CN=C(NCCCOCC1CCOC1)NC(C)c1ccc(C)o1.I. The van der Waals surface area contributed by atoms with Gasteiger partial charge in [-0.15, -0.1) is 24.0 Å². The van der Waals surface area contributed by atoms with E-state index in [4.69, 9.17) is 13.9 Å². The zero-order valence-electron chi connectivity index (χ0n) is 14.8. The number of rotatable bonds is 8. The van der Waals surface area contributed by atoms with Crippen LogP contribution < -0.4 is 10.6 Å². The van der Waals surface area contributed by atoms with Crippen LogP contribution in [0.5, 0.6) is 0 Å². The molecule has 1 aliphatic rings. The summed E-state index contributed by atoms with van der Waals surface area (Å²) in [6, 6.07) is 4.03. The third-order valence-electron chi connectivity index (χ3n) is 3.90. The molecule has 2 rings (SSSR count). The van der Waals surface area contributed by atoms with Crippen LogP contribution in [0.25, 0.3) is 0 Å². The molecule has 0 radical (unpaired) electrons. The van der Waals surface area contributed by atoms with Crippen molar-refractivity contribution < 1.29 is 13.9 Å². The van der Waals surface area contributed by atoms with E-state index in [-0.39, 0.29) is 30.0 Å². The first-order valence-electron chi connectivity index (χ1n) is 8.38. The summed E-state index contributed by atoms with van der Waals surface area (Å²) in [5.74, 6) is 3.18. The summed E-state index contributed by atoms with van der Waals surface area (Å²) in [4.78, 5) is 4.24. The van der Waals surface area contributed by atoms with Gasteiger partial charge in [-0.05, 0) is 38.8 Å². The fourth-order valence-corrected chi connectivity index (χ4v) is 2.50. The second kappa shape index (κ2) is 11.7. The molecule has 0 bridgehead atoms. The van der Waals surface area contributed by atoms with Crippen LogP contribution in [0, 0.1) is 12.8 Å². The van der Waals surface area contributed by atoms with Crippen molar-refractivity contribution >= 4 is 29.9 Å². The lowest BCUT2D eigenvalue weighted by molar-refractivity contribution is 0.0888. The van der Waals surface area contributed by atoms with Gasteiger partial charge >= 0.3 is 0 Å². The van der Waals surface area contributed by atoms with Gasteiger partial charge < -0.3 is 24.5 Å². The number of ether oxygens (including phenoxy) is 2. The summed E-state index contributed by atoms with van der Waals surface area (Å²) < 4.78 is 16.6. The van der Waals surface area contributed by atoms with Crippen molar-refractivity contribution in [1.82, 2.24) is 10.6 Å². The van der Waals surface area contributed by atoms with E-state index in [2.05, 4.69) is 22.5 Å². The molecule has 1 fully saturated rings. The van der Waals surface area contributed by atoms with Gasteiger partial charge in [0.05, 0.1) is 19.3 Å². The Morgan fingerprint density at radius 1 is 1.46 bits per heavy atom. The Kier molecular flexibility index (Phi) is 10.4. The first-order valence-corrected chi connectivity index (χ1v) is 8.38. The van der Waals surface area contributed by atoms with E-state index in [9.17, 15) is 0 Å². The van der Waals surface area contributed by atoms with Crippen molar-refractivity contribution in [2.75, 3.05) is 40.0 Å². The molecule has 138 valence electrons. The van der Waals surface area contributed by atoms with Crippen molar-refractivity contribution in [2.45, 2.75) is 32.7 Å². The van der Waals surface area contributed by atoms with E-state index in [1.165, 1.54) is 0 Å². The number of aryl methyl sites for hydroxylation is 1. The Morgan fingerprint density at radius 2 is 2.29 bits per heavy atom. The van der Waals surface area contributed by atoms with E-state index in [1.54, 1.807) is 7.05 Å². The minimum absolute atomic E-state index is 0. The minimum Gasteiger partial charge on any atom is -0.464 e. The van der Waals surface area contributed by atoms with E-state index < -0.39 is 0 Å². The molecule has 6 nitrogen and oxygen atoms in total. The molecular formula is C17H30IN3O3. The van der Waals surface area contributed by atoms with Crippen LogP contribution >= 0.6 is 24.0 Å². The van der Waals surface area contributed by atoms with Crippen molar-refractivity contribution in [3.8, 4) is 0 Å². The number of aliphatic imine (C=N–C) groups is 1. The molecule has 2 unspecified atom stereocenters. The fourth-order valence-electron chi connectivity index (χ4n) is 2.50. The molecule has 0 amide bonds. The molecule has 7 heteroatoms. The third kappa shape index (κ3) is 7.40. The van der Waals surface area contributed by atoms with Crippen molar-refractivity contribution in [2.24, 2.45) is 10.9 Å². The topological polar surface area (TPSA) is 68.0 Å². The van der Waals surface area contributed by atoms with Crippen molar-refractivity contribution in [1.29, 1.82) is 0 Å². The van der Waals surface area contributed by atoms with Crippen LogP contribution in [0.1, 0.15) is 37.3 Å². The summed E-state index contributed by atoms with van der Waals surface area (Å²) in [7, 11) is 1.77. The minimum atomic E-state index is 0. The quantitative estimate of drug-likeness (QED) is 0.276. The summed E-state index contributed by atoms with van der Waals surface area (Å²) in [5.41, 5.74) is 0. The Bertz CT molecular complexity index is 487. The van der Waals surface area contributed by atoms with E-state index >= 15 is 0 Å². The number of nitrogens with zero attached hydrogens (tertiary/aromatic N) is 1. The van der Waals surface area contributed by atoms with Crippen LogP contribution in [0.3, 0.4) is 0 Å². The van der Waals surface area contributed by atoms with Crippen LogP contribution in [-0.2, 0) is 9.47 Å². The van der Waals surface area contributed by atoms with Gasteiger partial charge in [-0.3, -0.25) is 4.99 Å².